The van der Waals surface area contributed by atoms with E-state index in [4.69, 9.17) is 14.2 Å². The van der Waals surface area contributed by atoms with E-state index in [-0.39, 0.29) is 5.60 Å². The third-order valence-electron chi connectivity index (χ3n) is 3.50. The van der Waals surface area contributed by atoms with Crippen molar-refractivity contribution in [1.29, 1.82) is 0 Å². The molecule has 0 saturated carbocycles. The average Bonchev–Trinajstić information content (AvgIpc) is 2.47. The van der Waals surface area contributed by atoms with Crippen LogP contribution in [0.4, 0.5) is 0 Å². The zero-order chi connectivity index (χ0) is 10.9. The first-order chi connectivity index (χ1) is 7.10. The van der Waals surface area contributed by atoms with Crippen molar-refractivity contribution in [2.75, 3.05) is 13.2 Å². The molecular weight excluding hydrogens is 192 g/mol. The molecule has 15 heavy (non-hydrogen) atoms. The number of hydrogen-bond acceptors (Lipinski definition) is 3. The summed E-state index contributed by atoms with van der Waals surface area (Å²) in [7, 11) is 0. The normalized spacial score (nSPS) is 41.8. The van der Waals surface area contributed by atoms with Gasteiger partial charge in [0.25, 0.3) is 5.97 Å². The van der Waals surface area contributed by atoms with Gasteiger partial charge in [-0.25, -0.2) is 0 Å². The van der Waals surface area contributed by atoms with Crippen LogP contribution in [0.1, 0.15) is 46.5 Å². The van der Waals surface area contributed by atoms with Crippen LogP contribution in [0, 0.1) is 5.92 Å². The summed E-state index contributed by atoms with van der Waals surface area (Å²) in [6.45, 7) is 7.90. The Balaban J connectivity index is 2.00. The smallest absolute Gasteiger partial charge is 0.286 e. The molecule has 0 N–H and O–H groups in total. The maximum Gasteiger partial charge on any atom is 0.286 e. The summed E-state index contributed by atoms with van der Waals surface area (Å²) in [5.74, 6) is -0.415. The number of fused-ring (bicyclic) bond motifs is 2. The molecule has 0 spiro atoms. The van der Waals surface area contributed by atoms with E-state index in [9.17, 15) is 0 Å². The number of hydrogen-bond donors (Lipinski definition) is 0. The van der Waals surface area contributed by atoms with Crippen molar-refractivity contribution in [1.82, 2.24) is 0 Å². The lowest BCUT2D eigenvalue weighted by Crippen LogP contribution is -2.47. The largest absolute Gasteiger partial charge is 0.327 e. The van der Waals surface area contributed by atoms with E-state index in [2.05, 4.69) is 20.8 Å². The van der Waals surface area contributed by atoms with Crippen LogP contribution in [0.15, 0.2) is 0 Å². The van der Waals surface area contributed by atoms with Gasteiger partial charge in [0.1, 0.15) is 0 Å². The Morgan fingerprint density at radius 2 is 2.13 bits per heavy atom. The van der Waals surface area contributed by atoms with Crippen molar-refractivity contribution in [3.05, 3.63) is 0 Å². The highest BCUT2D eigenvalue weighted by Gasteiger charge is 2.55. The molecule has 2 rings (SSSR count). The molecule has 0 amide bonds. The number of unbranched alkanes of at least 4 members (excludes halogenated alkanes) is 1. The molecule has 0 aliphatic carbocycles. The van der Waals surface area contributed by atoms with Crippen LogP contribution < -0.4 is 0 Å². The molecule has 2 bridgehead atoms. The SMILES string of the molecule is CCCCC(C)C12OCCC(C)(CO1)O2. The van der Waals surface area contributed by atoms with Gasteiger partial charge in [-0.1, -0.05) is 26.7 Å². The van der Waals surface area contributed by atoms with E-state index in [1.165, 1.54) is 12.8 Å². The fraction of sp³-hybridized carbons (Fsp3) is 1.00. The van der Waals surface area contributed by atoms with Crippen LogP contribution in [0.2, 0.25) is 0 Å². The van der Waals surface area contributed by atoms with Crippen molar-refractivity contribution in [2.45, 2.75) is 58.0 Å². The second-order valence-corrected chi connectivity index (χ2v) is 5.09. The van der Waals surface area contributed by atoms with Crippen LogP contribution in [-0.2, 0) is 14.2 Å². The van der Waals surface area contributed by atoms with E-state index in [0.29, 0.717) is 12.5 Å². The first kappa shape index (κ1) is 11.4. The van der Waals surface area contributed by atoms with Crippen LogP contribution in [0.5, 0.6) is 0 Å². The molecule has 0 radical (unpaired) electrons. The Labute approximate surface area is 92.1 Å². The Morgan fingerprint density at radius 3 is 2.87 bits per heavy atom. The van der Waals surface area contributed by atoms with E-state index in [0.717, 1.165) is 19.4 Å². The minimum atomic E-state index is -0.734. The third kappa shape index (κ3) is 2.05. The Kier molecular flexibility index (Phi) is 3.06. The molecule has 3 atom stereocenters. The fourth-order valence-electron chi connectivity index (χ4n) is 2.33. The van der Waals surface area contributed by atoms with Gasteiger partial charge in [0.05, 0.1) is 18.8 Å². The highest BCUT2D eigenvalue weighted by Crippen LogP contribution is 2.44. The van der Waals surface area contributed by atoms with E-state index >= 15 is 0 Å². The monoisotopic (exact) mass is 214 g/mol. The summed E-state index contributed by atoms with van der Waals surface area (Å²) in [5.41, 5.74) is -0.112. The van der Waals surface area contributed by atoms with Crippen LogP contribution >= 0.6 is 0 Å². The molecule has 3 nitrogen and oxygen atoms in total. The molecule has 0 aromatic rings. The summed E-state index contributed by atoms with van der Waals surface area (Å²) in [4.78, 5) is 0. The van der Waals surface area contributed by atoms with Crippen LogP contribution in [0.3, 0.4) is 0 Å². The van der Waals surface area contributed by atoms with Gasteiger partial charge in [-0.2, -0.15) is 0 Å². The molecule has 2 fully saturated rings. The zero-order valence-corrected chi connectivity index (χ0v) is 10.0. The van der Waals surface area contributed by atoms with Gasteiger partial charge >= 0.3 is 0 Å². The summed E-state index contributed by atoms with van der Waals surface area (Å²) in [6, 6.07) is 0. The quantitative estimate of drug-likeness (QED) is 0.720. The topological polar surface area (TPSA) is 27.7 Å². The second-order valence-electron chi connectivity index (χ2n) is 5.09. The molecule has 2 saturated heterocycles. The van der Waals surface area contributed by atoms with Crippen molar-refractivity contribution >= 4 is 0 Å². The maximum absolute atomic E-state index is 5.99. The first-order valence-corrected chi connectivity index (χ1v) is 6.08. The van der Waals surface area contributed by atoms with Crippen molar-refractivity contribution in [3.63, 3.8) is 0 Å². The average molecular weight is 214 g/mol. The Bertz CT molecular complexity index is 231. The summed E-state index contributed by atoms with van der Waals surface area (Å²) in [5, 5.41) is 0. The van der Waals surface area contributed by atoms with Gasteiger partial charge in [0, 0.05) is 12.3 Å². The zero-order valence-electron chi connectivity index (χ0n) is 10.0. The number of rotatable bonds is 4. The second kappa shape index (κ2) is 4.04. The highest BCUT2D eigenvalue weighted by atomic mass is 16.9. The van der Waals surface area contributed by atoms with Gasteiger partial charge in [-0.05, 0) is 13.3 Å². The van der Waals surface area contributed by atoms with Crippen LogP contribution in [0.25, 0.3) is 0 Å². The third-order valence-corrected chi connectivity index (χ3v) is 3.50. The van der Waals surface area contributed by atoms with Crippen molar-refractivity contribution in [2.24, 2.45) is 5.92 Å². The van der Waals surface area contributed by atoms with E-state index < -0.39 is 5.97 Å². The van der Waals surface area contributed by atoms with Gasteiger partial charge in [-0.3, -0.25) is 0 Å². The lowest BCUT2D eigenvalue weighted by molar-refractivity contribution is -0.389. The number of ether oxygens (including phenoxy) is 3. The molecule has 2 aliphatic heterocycles. The molecule has 3 heteroatoms. The first-order valence-electron chi connectivity index (χ1n) is 6.08. The van der Waals surface area contributed by atoms with Crippen molar-refractivity contribution in [3.8, 4) is 0 Å². The fourth-order valence-corrected chi connectivity index (χ4v) is 2.33. The van der Waals surface area contributed by atoms with Crippen LogP contribution in [-0.4, -0.2) is 24.8 Å². The van der Waals surface area contributed by atoms with E-state index in [1.807, 2.05) is 0 Å². The summed E-state index contributed by atoms with van der Waals surface area (Å²) >= 11 is 0. The molecule has 88 valence electrons. The minimum absolute atomic E-state index is 0.112. The predicted molar refractivity (Wildman–Crippen MR) is 57.4 cm³/mol. The molecule has 3 unspecified atom stereocenters. The molecule has 0 aromatic heterocycles. The minimum Gasteiger partial charge on any atom is -0.327 e. The van der Waals surface area contributed by atoms with E-state index in [1.54, 1.807) is 0 Å². The molecule has 2 heterocycles. The molecule has 2 aliphatic rings. The van der Waals surface area contributed by atoms with Crippen molar-refractivity contribution < 1.29 is 14.2 Å². The lowest BCUT2D eigenvalue weighted by atomic mass is 9.99. The van der Waals surface area contributed by atoms with Gasteiger partial charge < -0.3 is 14.2 Å². The highest BCUT2D eigenvalue weighted by molar-refractivity contribution is 4.89. The molecular formula is C12H22O3. The van der Waals surface area contributed by atoms with Gasteiger partial charge in [0.2, 0.25) is 0 Å². The summed E-state index contributed by atoms with van der Waals surface area (Å²) < 4.78 is 17.5. The Hall–Kier alpha value is -0.120. The standard InChI is InChI=1S/C12H22O3/c1-4-5-6-10(2)12-13-8-7-11(3,15-12)9-14-12/h10H,4-9H2,1-3H3. The summed E-state index contributed by atoms with van der Waals surface area (Å²) in [6.07, 6.45) is 4.45. The Morgan fingerprint density at radius 1 is 1.33 bits per heavy atom. The predicted octanol–water partition coefficient (Wildman–Crippen LogP) is 2.69. The van der Waals surface area contributed by atoms with Gasteiger partial charge in [-0.15, -0.1) is 0 Å². The van der Waals surface area contributed by atoms with Gasteiger partial charge in [0.15, 0.2) is 0 Å². The lowest BCUT2D eigenvalue weighted by Gasteiger charge is -2.39. The molecule has 0 aromatic carbocycles. The maximum atomic E-state index is 5.99.